The molecule has 0 unspecified atom stereocenters. The highest BCUT2D eigenvalue weighted by Crippen LogP contribution is 2.31. The summed E-state index contributed by atoms with van der Waals surface area (Å²) in [5.74, 6) is 1.50. The van der Waals surface area contributed by atoms with Crippen molar-refractivity contribution in [3.8, 4) is 11.4 Å². The second-order valence-corrected chi connectivity index (χ2v) is 6.11. The maximum atomic E-state index is 6.27. The molecule has 6 heteroatoms. The first-order valence-corrected chi connectivity index (χ1v) is 7.94. The molecule has 0 spiro atoms. The van der Waals surface area contributed by atoms with Gasteiger partial charge >= 0.3 is 0 Å². The van der Waals surface area contributed by atoms with Gasteiger partial charge in [0.2, 0.25) is 0 Å². The van der Waals surface area contributed by atoms with Crippen molar-refractivity contribution < 1.29 is 0 Å². The highest BCUT2D eigenvalue weighted by Gasteiger charge is 2.17. The number of hydrogen-bond donors (Lipinski definition) is 1. The van der Waals surface area contributed by atoms with Crippen LogP contribution in [0.25, 0.3) is 11.4 Å². The molecule has 0 radical (unpaired) electrons. The Bertz CT molecular complexity index is 604. The molecule has 21 heavy (non-hydrogen) atoms. The third-order valence-electron chi connectivity index (χ3n) is 4.28. The second-order valence-electron chi connectivity index (χ2n) is 5.73. The van der Waals surface area contributed by atoms with Crippen molar-refractivity contribution in [1.82, 2.24) is 20.2 Å². The van der Waals surface area contributed by atoms with Crippen LogP contribution < -0.4 is 5.73 Å². The summed E-state index contributed by atoms with van der Waals surface area (Å²) in [4.78, 5) is 0. The lowest BCUT2D eigenvalue weighted by molar-refractivity contribution is 0.318. The lowest BCUT2D eigenvalue weighted by Gasteiger charge is -2.21. The molecule has 1 heterocycles. The summed E-state index contributed by atoms with van der Waals surface area (Å²) in [6.07, 6.45) is 7.87. The lowest BCUT2D eigenvalue weighted by atomic mass is 9.87. The minimum absolute atomic E-state index is 0.520. The zero-order valence-electron chi connectivity index (χ0n) is 12.0. The Labute approximate surface area is 129 Å². The molecule has 0 bridgehead atoms. The maximum absolute atomic E-state index is 6.27. The molecule has 0 saturated heterocycles. The van der Waals surface area contributed by atoms with Gasteiger partial charge in [0, 0.05) is 12.1 Å². The Kier molecular flexibility index (Phi) is 4.39. The van der Waals surface area contributed by atoms with Crippen molar-refractivity contribution >= 4 is 17.3 Å². The van der Waals surface area contributed by atoms with Crippen molar-refractivity contribution in [3.05, 3.63) is 23.2 Å². The Morgan fingerprint density at radius 1 is 1.24 bits per heavy atom. The molecule has 0 atom stereocenters. The predicted octanol–water partition coefficient (Wildman–Crippen LogP) is 3.55. The molecule has 2 aromatic rings. The van der Waals surface area contributed by atoms with Crippen molar-refractivity contribution in [2.45, 2.75) is 45.1 Å². The molecule has 2 N–H and O–H groups in total. The number of rotatable bonds is 4. The normalized spacial score (nSPS) is 16.2. The molecule has 0 aliphatic heterocycles. The second kappa shape index (κ2) is 6.43. The number of halogens is 1. The first-order chi connectivity index (χ1) is 10.3. The van der Waals surface area contributed by atoms with Crippen LogP contribution in [0, 0.1) is 5.92 Å². The predicted molar refractivity (Wildman–Crippen MR) is 83.9 cm³/mol. The highest BCUT2D eigenvalue weighted by atomic mass is 35.5. The largest absolute Gasteiger partial charge is 0.398 e. The van der Waals surface area contributed by atoms with Gasteiger partial charge in [0.15, 0.2) is 5.82 Å². The quantitative estimate of drug-likeness (QED) is 0.877. The molecule has 1 fully saturated rings. The van der Waals surface area contributed by atoms with E-state index < -0.39 is 0 Å². The summed E-state index contributed by atoms with van der Waals surface area (Å²) >= 11 is 6.27. The monoisotopic (exact) mass is 305 g/mol. The van der Waals surface area contributed by atoms with E-state index in [1.807, 2.05) is 16.8 Å². The Hall–Kier alpha value is -1.62. The highest BCUT2D eigenvalue weighted by molar-refractivity contribution is 6.35. The zero-order valence-corrected chi connectivity index (χ0v) is 12.8. The summed E-state index contributed by atoms with van der Waals surface area (Å²) in [7, 11) is 0. The van der Waals surface area contributed by atoms with E-state index in [0.717, 1.165) is 24.4 Å². The van der Waals surface area contributed by atoms with Gasteiger partial charge in [0.1, 0.15) is 0 Å². The molecule has 1 aromatic heterocycles. The number of aromatic nitrogens is 4. The van der Waals surface area contributed by atoms with Gasteiger partial charge in [-0.2, -0.15) is 0 Å². The number of tetrazole rings is 1. The van der Waals surface area contributed by atoms with Gasteiger partial charge < -0.3 is 5.73 Å². The number of nitrogens with two attached hydrogens (primary N) is 1. The van der Waals surface area contributed by atoms with Gasteiger partial charge in [0.25, 0.3) is 0 Å². The fourth-order valence-electron chi connectivity index (χ4n) is 3.05. The minimum Gasteiger partial charge on any atom is -0.398 e. The van der Waals surface area contributed by atoms with E-state index in [0.29, 0.717) is 16.5 Å². The zero-order chi connectivity index (χ0) is 14.7. The average molecular weight is 306 g/mol. The van der Waals surface area contributed by atoms with Crippen LogP contribution >= 0.6 is 11.6 Å². The van der Waals surface area contributed by atoms with Crippen molar-refractivity contribution in [2.75, 3.05) is 5.73 Å². The number of hydrogen-bond acceptors (Lipinski definition) is 4. The number of benzene rings is 1. The van der Waals surface area contributed by atoms with Crippen molar-refractivity contribution in [1.29, 1.82) is 0 Å². The van der Waals surface area contributed by atoms with Gasteiger partial charge in [-0.1, -0.05) is 49.8 Å². The van der Waals surface area contributed by atoms with Crippen LogP contribution in [-0.4, -0.2) is 20.2 Å². The van der Waals surface area contributed by atoms with E-state index in [9.17, 15) is 0 Å². The van der Waals surface area contributed by atoms with Crippen LogP contribution in [0.1, 0.15) is 38.5 Å². The Morgan fingerprint density at radius 2 is 2.05 bits per heavy atom. The van der Waals surface area contributed by atoms with Gasteiger partial charge in [0.05, 0.1) is 10.7 Å². The molecule has 3 rings (SSSR count). The molecule has 1 aliphatic rings. The molecular formula is C15H20ClN5. The van der Waals surface area contributed by atoms with Gasteiger partial charge in [-0.15, -0.1) is 5.10 Å². The summed E-state index contributed by atoms with van der Waals surface area (Å²) < 4.78 is 1.84. The van der Waals surface area contributed by atoms with E-state index in [4.69, 9.17) is 17.3 Å². The van der Waals surface area contributed by atoms with E-state index in [1.54, 1.807) is 6.07 Å². The van der Waals surface area contributed by atoms with Crippen LogP contribution in [0.4, 0.5) is 5.69 Å². The van der Waals surface area contributed by atoms with Crippen LogP contribution in [-0.2, 0) is 6.54 Å². The molecule has 112 valence electrons. The third kappa shape index (κ3) is 3.18. The van der Waals surface area contributed by atoms with Crippen LogP contribution in [0.3, 0.4) is 0 Å². The molecule has 5 nitrogen and oxygen atoms in total. The summed E-state index contributed by atoms with van der Waals surface area (Å²) in [5.41, 5.74) is 7.21. The van der Waals surface area contributed by atoms with Crippen LogP contribution in [0.5, 0.6) is 0 Å². The molecule has 0 amide bonds. The SMILES string of the molecule is Nc1cccc(-c2nnnn2CCC2CCCCC2)c1Cl. The number of aryl methyl sites for hydroxylation is 1. The Morgan fingerprint density at radius 3 is 2.86 bits per heavy atom. The standard InChI is InChI=1S/C15H20ClN5/c16-14-12(7-4-8-13(14)17)15-18-19-20-21(15)10-9-11-5-2-1-3-6-11/h4,7-8,11H,1-3,5-6,9-10,17H2. The first-order valence-electron chi connectivity index (χ1n) is 7.56. The fourth-order valence-corrected chi connectivity index (χ4v) is 3.26. The van der Waals surface area contributed by atoms with Crippen molar-refractivity contribution in [3.63, 3.8) is 0 Å². The summed E-state index contributed by atoms with van der Waals surface area (Å²) in [6, 6.07) is 5.56. The Balaban J connectivity index is 1.76. The number of nitrogen functional groups attached to an aromatic ring is 1. The lowest BCUT2D eigenvalue weighted by Crippen LogP contribution is -2.12. The van der Waals surface area contributed by atoms with Crippen LogP contribution in [0.2, 0.25) is 5.02 Å². The maximum Gasteiger partial charge on any atom is 0.183 e. The molecule has 1 aliphatic carbocycles. The van der Waals surface area contributed by atoms with Crippen molar-refractivity contribution in [2.24, 2.45) is 5.92 Å². The topological polar surface area (TPSA) is 69.6 Å². The minimum atomic E-state index is 0.520. The van der Waals surface area contributed by atoms with Crippen LogP contribution in [0.15, 0.2) is 18.2 Å². The summed E-state index contributed by atoms with van der Waals surface area (Å²) in [6.45, 7) is 0.831. The van der Waals surface area contributed by atoms with E-state index in [-0.39, 0.29) is 0 Å². The summed E-state index contributed by atoms with van der Waals surface area (Å²) in [5, 5.41) is 12.5. The van der Waals surface area contributed by atoms with Gasteiger partial charge in [-0.05, 0) is 34.9 Å². The average Bonchev–Trinajstić information content (AvgIpc) is 2.97. The van der Waals surface area contributed by atoms with Gasteiger partial charge in [-0.3, -0.25) is 0 Å². The molecule has 1 saturated carbocycles. The van der Waals surface area contributed by atoms with E-state index >= 15 is 0 Å². The van der Waals surface area contributed by atoms with Gasteiger partial charge in [-0.25, -0.2) is 4.68 Å². The number of anilines is 1. The van der Waals surface area contributed by atoms with E-state index in [1.165, 1.54) is 32.1 Å². The molecular weight excluding hydrogens is 286 g/mol. The fraction of sp³-hybridized carbons (Fsp3) is 0.533. The first kappa shape index (κ1) is 14.3. The third-order valence-corrected chi connectivity index (χ3v) is 4.70. The smallest absolute Gasteiger partial charge is 0.183 e. The molecule has 1 aromatic carbocycles. The van der Waals surface area contributed by atoms with E-state index in [2.05, 4.69) is 15.5 Å². The number of nitrogens with zero attached hydrogens (tertiary/aromatic N) is 4.